The van der Waals surface area contributed by atoms with Crippen LogP contribution in [0.4, 0.5) is 0 Å². The summed E-state index contributed by atoms with van der Waals surface area (Å²) in [4.78, 5) is 30.9. The first kappa shape index (κ1) is 23.9. The lowest BCUT2D eigenvalue weighted by atomic mass is 10.2. The van der Waals surface area contributed by atoms with Crippen LogP contribution in [0.3, 0.4) is 0 Å². The molecule has 1 unspecified atom stereocenters. The third kappa shape index (κ3) is 5.43. The Morgan fingerprint density at radius 1 is 1.09 bits per heavy atom. The van der Waals surface area contributed by atoms with Crippen molar-refractivity contribution >= 4 is 40.2 Å². The van der Waals surface area contributed by atoms with Crippen molar-refractivity contribution in [2.75, 3.05) is 7.11 Å². The van der Waals surface area contributed by atoms with Gasteiger partial charge in [0.1, 0.15) is 5.75 Å². The van der Waals surface area contributed by atoms with Gasteiger partial charge in [0.2, 0.25) is 5.91 Å². The van der Waals surface area contributed by atoms with E-state index in [-0.39, 0.29) is 18.0 Å². The number of hydrogen-bond acceptors (Lipinski definition) is 5. The zero-order chi connectivity index (χ0) is 24.1. The third-order valence-electron chi connectivity index (χ3n) is 5.39. The van der Waals surface area contributed by atoms with E-state index in [1.165, 1.54) is 11.8 Å². The van der Waals surface area contributed by atoms with E-state index >= 15 is 0 Å². The number of methoxy groups -OCH3 is 1. The summed E-state index contributed by atoms with van der Waals surface area (Å²) in [6.45, 7) is 2.46. The Bertz CT molecular complexity index is 1370. The summed E-state index contributed by atoms with van der Waals surface area (Å²) >= 11 is 7.61. The molecule has 8 heteroatoms. The van der Waals surface area contributed by atoms with Crippen molar-refractivity contribution in [2.45, 2.75) is 30.4 Å². The van der Waals surface area contributed by atoms with Crippen molar-refractivity contribution in [2.24, 2.45) is 0 Å². The smallest absolute Gasteiger partial charge is 0.262 e. The summed E-state index contributed by atoms with van der Waals surface area (Å²) in [6, 6.07) is 22.1. The average Bonchev–Trinajstić information content (AvgIpc) is 2.86. The topological polar surface area (TPSA) is 73.2 Å². The van der Waals surface area contributed by atoms with Crippen molar-refractivity contribution in [3.8, 4) is 5.75 Å². The van der Waals surface area contributed by atoms with Gasteiger partial charge in [-0.15, -0.1) is 0 Å². The van der Waals surface area contributed by atoms with Gasteiger partial charge in [-0.2, -0.15) is 0 Å². The molecule has 0 radical (unpaired) electrons. The Labute approximate surface area is 206 Å². The molecule has 3 aromatic carbocycles. The fraction of sp³-hybridized carbons (Fsp3) is 0.192. The maximum Gasteiger partial charge on any atom is 0.262 e. The molecule has 1 amide bonds. The molecule has 174 valence electrons. The number of para-hydroxylation sites is 1. The number of carbonyl (C=O) groups excluding carboxylic acids is 1. The van der Waals surface area contributed by atoms with Crippen molar-refractivity contribution in [3.63, 3.8) is 0 Å². The van der Waals surface area contributed by atoms with Crippen LogP contribution in [0.25, 0.3) is 10.9 Å². The van der Waals surface area contributed by atoms with E-state index in [4.69, 9.17) is 21.3 Å². The van der Waals surface area contributed by atoms with Crippen LogP contribution < -0.4 is 15.6 Å². The number of nitrogens with zero attached hydrogens (tertiary/aromatic N) is 2. The molecule has 0 bridgehead atoms. The van der Waals surface area contributed by atoms with Crippen LogP contribution >= 0.6 is 23.4 Å². The molecular formula is C26H24ClN3O3S. The third-order valence-corrected chi connectivity index (χ3v) is 6.85. The van der Waals surface area contributed by atoms with Crippen LogP contribution in [0.5, 0.6) is 5.75 Å². The van der Waals surface area contributed by atoms with Gasteiger partial charge in [-0.05, 0) is 48.4 Å². The van der Waals surface area contributed by atoms with Crippen LogP contribution in [-0.2, 0) is 17.9 Å². The molecule has 6 nitrogen and oxygen atoms in total. The van der Waals surface area contributed by atoms with Crippen LogP contribution in [0.15, 0.2) is 82.7 Å². The predicted octanol–water partition coefficient (Wildman–Crippen LogP) is 4.90. The van der Waals surface area contributed by atoms with Gasteiger partial charge in [0, 0.05) is 11.6 Å². The fourth-order valence-electron chi connectivity index (χ4n) is 3.46. The first-order valence-corrected chi connectivity index (χ1v) is 12.0. The Balaban J connectivity index is 1.57. The lowest BCUT2D eigenvalue weighted by Crippen LogP contribution is -2.31. The fourth-order valence-corrected chi connectivity index (χ4v) is 4.59. The number of amides is 1. The second kappa shape index (κ2) is 10.8. The second-order valence-corrected chi connectivity index (χ2v) is 9.44. The van der Waals surface area contributed by atoms with Crippen LogP contribution in [0, 0.1) is 0 Å². The number of aromatic nitrogens is 2. The quantitative estimate of drug-likeness (QED) is 0.279. The molecule has 0 saturated carbocycles. The number of hydrogen-bond donors (Lipinski definition) is 1. The Kier molecular flexibility index (Phi) is 7.55. The Morgan fingerprint density at radius 2 is 1.79 bits per heavy atom. The van der Waals surface area contributed by atoms with E-state index in [0.29, 0.717) is 27.6 Å². The van der Waals surface area contributed by atoms with Gasteiger partial charge in [-0.25, -0.2) is 4.98 Å². The summed E-state index contributed by atoms with van der Waals surface area (Å²) in [7, 11) is 1.61. The van der Waals surface area contributed by atoms with Crippen molar-refractivity contribution in [1.29, 1.82) is 0 Å². The number of thioether (sulfide) groups is 1. The maximum atomic E-state index is 13.3. The monoisotopic (exact) mass is 493 g/mol. The zero-order valence-corrected chi connectivity index (χ0v) is 20.4. The molecule has 1 N–H and O–H groups in total. The molecule has 0 aliphatic rings. The molecule has 1 atom stereocenters. The van der Waals surface area contributed by atoms with E-state index < -0.39 is 5.25 Å². The number of nitrogens with one attached hydrogen (secondary N) is 1. The second-order valence-electron chi connectivity index (χ2n) is 7.72. The first-order chi connectivity index (χ1) is 16.5. The minimum absolute atomic E-state index is 0.146. The van der Waals surface area contributed by atoms with Crippen LogP contribution in [-0.4, -0.2) is 27.8 Å². The van der Waals surface area contributed by atoms with E-state index in [0.717, 1.165) is 16.9 Å². The number of rotatable bonds is 8. The van der Waals surface area contributed by atoms with E-state index in [9.17, 15) is 9.59 Å². The average molecular weight is 494 g/mol. The Morgan fingerprint density at radius 3 is 2.53 bits per heavy atom. The SMILES string of the molecule is COc1ccc(CNC(=O)C(C)Sc2nc3ccccc3c(=O)n2Cc2ccccc2Cl)cc1. The predicted molar refractivity (Wildman–Crippen MR) is 137 cm³/mol. The molecule has 1 aromatic heterocycles. The maximum absolute atomic E-state index is 13.3. The standard InChI is InChI=1S/C26H24ClN3O3S/c1-17(24(31)28-15-18-11-13-20(33-2)14-12-18)34-26-29-23-10-6-4-8-21(23)25(32)30(26)16-19-7-3-5-9-22(19)27/h3-14,17H,15-16H2,1-2H3,(H,28,31). The highest BCUT2D eigenvalue weighted by Crippen LogP contribution is 2.25. The molecule has 0 aliphatic carbocycles. The van der Waals surface area contributed by atoms with Crippen molar-refractivity contribution < 1.29 is 9.53 Å². The highest BCUT2D eigenvalue weighted by molar-refractivity contribution is 8.00. The normalized spacial score (nSPS) is 11.9. The van der Waals surface area contributed by atoms with Gasteiger partial charge < -0.3 is 10.1 Å². The summed E-state index contributed by atoms with van der Waals surface area (Å²) in [5, 5.41) is 4.05. The van der Waals surface area contributed by atoms with Crippen LogP contribution in [0.1, 0.15) is 18.1 Å². The Hall–Kier alpha value is -3.29. The van der Waals surface area contributed by atoms with Gasteiger partial charge in [-0.3, -0.25) is 14.2 Å². The van der Waals surface area contributed by atoms with Gasteiger partial charge in [0.25, 0.3) is 5.56 Å². The lowest BCUT2D eigenvalue weighted by Gasteiger charge is -2.17. The minimum atomic E-state index is -0.469. The molecule has 0 aliphatic heterocycles. The minimum Gasteiger partial charge on any atom is -0.497 e. The lowest BCUT2D eigenvalue weighted by molar-refractivity contribution is -0.120. The molecule has 4 rings (SSSR count). The highest BCUT2D eigenvalue weighted by Gasteiger charge is 2.20. The van der Waals surface area contributed by atoms with Gasteiger partial charge in [0.05, 0.1) is 29.8 Å². The summed E-state index contributed by atoms with van der Waals surface area (Å²) in [5.74, 6) is 0.616. The van der Waals surface area contributed by atoms with E-state index in [1.54, 1.807) is 36.8 Å². The molecule has 0 spiro atoms. The number of fused-ring (bicyclic) bond motifs is 1. The molecular weight excluding hydrogens is 470 g/mol. The van der Waals surface area contributed by atoms with Gasteiger partial charge >= 0.3 is 0 Å². The number of benzene rings is 3. The van der Waals surface area contributed by atoms with E-state index in [2.05, 4.69) is 5.32 Å². The van der Waals surface area contributed by atoms with Crippen molar-refractivity contribution in [3.05, 3.63) is 99.3 Å². The summed E-state index contributed by atoms with van der Waals surface area (Å²) < 4.78 is 6.75. The first-order valence-electron chi connectivity index (χ1n) is 10.8. The van der Waals surface area contributed by atoms with Gasteiger partial charge in [-0.1, -0.05) is 65.8 Å². The molecule has 4 aromatic rings. The zero-order valence-electron chi connectivity index (χ0n) is 18.8. The summed E-state index contributed by atoms with van der Waals surface area (Å²) in [6.07, 6.45) is 0. The summed E-state index contributed by atoms with van der Waals surface area (Å²) in [5.41, 5.74) is 2.20. The van der Waals surface area contributed by atoms with Crippen molar-refractivity contribution in [1.82, 2.24) is 14.9 Å². The van der Waals surface area contributed by atoms with Gasteiger partial charge in [0.15, 0.2) is 5.16 Å². The molecule has 34 heavy (non-hydrogen) atoms. The van der Waals surface area contributed by atoms with E-state index in [1.807, 2.05) is 54.6 Å². The number of carbonyl (C=O) groups is 1. The molecule has 0 fully saturated rings. The number of halogens is 1. The van der Waals surface area contributed by atoms with Crippen LogP contribution in [0.2, 0.25) is 5.02 Å². The highest BCUT2D eigenvalue weighted by atomic mass is 35.5. The molecule has 1 heterocycles. The molecule has 0 saturated heterocycles. The number of ether oxygens (including phenoxy) is 1. The largest absolute Gasteiger partial charge is 0.497 e.